The number of fused-ring (bicyclic) bond motifs is 1. The second-order valence-electron chi connectivity index (χ2n) is 9.28. The van der Waals surface area contributed by atoms with Gasteiger partial charge in [-0.25, -0.2) is 4.98 Å². The van der Waals surface area contributed by atoms with Gasteiger partial charge in [0, 0.05) is 61.1 Å². The Labute approximate surface area is 222 Å². The summed E-state index contributed by atoms with van der Waals surface area (Å²) in [6, 6.07) is 16.6. The van der Waals surface area contributed by atoms with Gasteiger partial charge in [0.15, 0.2) is 0 Å². The summed E-state index contributed by atoms with van der Waals surface area (Å²) in [5.41, 5.74) is 7.67. The lowest BCUT2D eigenvalue weighted by Crippen LogP contribution is -2.44. The van der Waals surface area contributed by atoms with Crippen LogP contribution >= 0.6 is 24.2 Å². The number of nitrogens with one attached hydrogen (secondary N) is 2. The Bertz CT molecular complexity index is 1390. The van der Waals surface area contributed by atoms with Gasteiger partial charge >= 0.3 is 0 Å². The smallest absolute Gasteiger partial charge is 0.225 e. The quantitative estimate of drug-likeness (QED) is 0.279. The third-order valence-corrected chi connectivity index (χ3v) is 7.35. The first-order valence-electron chi connectivity index (χ1n) is 12.2. The molecule has 2 aromatic heterocycles. The third kappa shape index (κ3) is 4.96. The van der Waals surface area contributed by atoms with E-state index in [1.165, 1.54) is 5.69 Å². The number of likely N-dealkylation sites (N-methyl/N-ethyl adjacent to an activating group) is 1. The van der Waals surface area contributed by atoms with Crippen LogP contribution in [0.2, 0.25) is 5.02 Å². The lowest BCUT2D eigenvalue weighted by molar-refractivity contribution is -0.115. The van der Waals surface area contributed by atoms with Crippen LogP contribution in [0.5, 0.6) is 0 Å². The number of thiol groups is 1. The Morgan fingerprint density at radius 2 is 1.81 bits per heavy atom. The normalized spacial score (nSPS) is 14.4. The highest BCUT2D eigenvalue weighted by atomic mass is 35.5. The van der Waals surface area contributed by atoms with Gasteiger partial charge in [-0.3, -0.25) is 4.79 Å². The topological polar surface area (TPSA) is 64.3 Å². The Morgan fingerprint density at radius 3 is 2.53 bits per heavy atom. The zero-order chi connectivity index (χ0) is 25.2. The summed E-state index contributed by atoms with van der Waals surface area (Å²) < 4.78 is 0. The minimum absolute atomic E-state index is 0.0522. The van der Waals surface area contributed by atoms with Crippen LogP contribution in [0.15, 0.2) is 54.7 Å². The van der Waals surface area contributed by atoms with E-state index in [-0.39, 0.29) is 5.91 Å². The number of rotatable bonds is 6. The molecule has 0 saturated carbocycles. The molecular weight excluding hydrogens is 490 g/mol. The van der Waals surface area contributed by atoms with E-state index >= 15 is 0 Å². The predicted octanol–water partition coefficient (Wildman–Crippen LogP) is 5.87. The number of aromatic nitrogens is 2. The van der Waals surface area contributed by atoms with Crippen molar-refractivity contribution >= 4 is 52.5 Å². The van der Waals surface area contributed by atoms with E-state index in [0.717, 1.165) is 70.8 Å². The zero-order valence-electron chi connectivity index (χ0n) is 20.5. The summed E-state index contributed by atoms with van der Waals surface area (Å²) in [5.74, 6) is 0.450. The number of pyridine rings is 1. The molecule has 0 spiro atoms. The molecule has 0 bridgehead atoms. The Balaban J connectivity index is 1.58. The number of carbonyl (C=O) groups is 1. The maximum atomic E-state index is 12.3. The molecule has 1 saturated heterocycles. The Kier molecular flexibility index (Phi) is 7.23. The largest absolute Gasteiger partial charge is 0.369 e. The van der Waals surface area contributed by atoms with Gasteiger partial charge in [-0.15, -0.1) is 0 Å². The van der Waals surface area contributed by atoms with Gasteiger partial charge in [0.2, 0.25) is 5.91 Å². The van der Waals surface area contributed by atoms with Crippen LogP contribution in [-0.2, 0) is 4.79 Å². The highest BCUT2D eigenvalue weighted by Crippen LogP contribution is 2.42. The van der Waals surface area contributed by atoms with E-state index in [2.05, 4.69) is 75.1 Å². The van der Waals surface area contributed by atoms with E-state index in [4.69, 9.17) is 11.6 Å². The van der Waals surface area contributed by atoms with Crippen molar-refractivity contribution in [2.45, 2.75) is 13.3 Å². The summed E-state index contributed by atoms with van der Waals surface area (Å²) >= 11 is 10.9. The number of hydrogen-bond donors (Lipinski definition) is 3. The van der Waals surface area contributed by atoms with Crippen LogP contribution in [0.1, 0.15) is 12.0 Å². The number of H-pyrrole nitrogens is 1. The third-order valence-electron chi connectivity index (χ3n) is 6.81. The number of halogens is 1. The number of nitrogens with zero attached hydrogens (tertiary/aromatic N) is 3. The first-order valence-corrected chi connectivity index (χ1v) is 13.2. The standard InChI is InChI=1S/C28H30ClN5OS/c1-18-3-4-20(17-23(18)31-24(35)10-16-36)25-26-22(29)9-11-30-28(26)32-27(25)19-5-7-21(8-6-19)34-14-12-33(2)13-15-34/h3-9,11,17,36H,10,12-16H2,1-2H3,(H,30,32)(H,31,35). The molecule has 6 nitrogen and oxygen atoms in total. The molecule has 1 aliphatic rings. The van der Waals surface area contributed by atoms with Gasteiger partial charge in [0.1, 0.15) is 5.65 Å². The summed E-state index contributed by atoms with van der Waals surface area (Å²) in [7, 11) is 2.17. The highest BCUT2D eigenvalue weighted by Gasteiger charge is 2.20. The van der Waals surface area contributed by atoms with Gasteiger partial charge < -0.3 is 20.1 Å². The average Bonchev–Trinajstić information content (AvgIpc) is 3.27. The first-order chi connectivity index (χ1) is 17.4. The maximum Gasteiger partial charge on any atom is 0.225 e. The summed E-state index contributed by atoms with van der Waals surface area (Å²) in [4.78, 5) is 25.1. The van der Waals surface area contributed by atoms with Crippen molar-refractivity contribution in [2.24, 2.45) is 0 Å². The lowest BCUT2D eigenvalue weighted by Gasteiger charge is -2.34. The van der Waals surface area contributed by atoms with Gasteiger partial charge in [0.25, 0.3) is 0 Å². The molecule has 3 heterocycles. The summed E-state index contributed by atoms with van der Waals surface area (Å²) in [5, 5.41) is 4.53. The molecule has 8 heteroatoms. The average molecular weight is 520 g/mol. The van der Waals surface area contributed by atoms with E-state index in [1.807, 2.05) is 25.1 Å². The molecule has 186 valence electrons. The van der Waals surface area contributed by atoms with Crippen LogP contribution in [0.25, 0.3) is 33.4 Å². The van der Waals surface area contributed by atoms with Crippen molar-refractivity contribution < 1.29 is 4.79 Å². The Morgan fingerprint density at radius 1 is 1.08 bits per heavy atom. The zero-order valence-corrected chi connectivity index (χ0v) is 22.2. The monoisotopic (exact) mass is 519 g/mol. The molecule has 5 rings (SSSR count). The van der Waals surface area contributed by atoms with E-state index in [9.17, 15) is 4.79 Å². The molecular formula is C28H30ClN5OS. The molecule has 2 N–H and O–H groups in total. The van der Waals surface area contributed by atoms with E-state index in [0.29, 0.717) is 17.2 Å². The van der Waals surface area contributed by atoms with Crippen molar-refractivity contribution in [3.63, 3.8) is 0 Å². The summed E-state index contributed by atoms with van der Waals surface area (Å²) in [6.07, 6.45) is 2.07. The van der Waals surface area contributed by atoms with Crippen LogP contribution in [-0.4, -0.2) is 59.8 Å². The molecule has 0 atom stereocenters. The Hall–Kier alpha value is -3.00. The summed E-state index contributed by atoms with van der Waals surface area (Å²) in [6.45, 7) is 6.18. The number of benzene rings is 2. The van der Waals surface area contributed by atoms with Crippen molar-refractivity contribution in [2.75, 3.05) is 49.2 Å². The number of amides is 1. The number of aromatic amines is 1. The molecule has 2 aromatic carbocycles. The van der Waals surface area contributed by atoms with Gasteiger partial charge in [-0.1, -0.05) is 35.9 Å². The molecule has 1 fully saturated rings. The maximum absolute atomic E-state index is 12.3. The number of hydrogen-bond acceptors (Lipinski definition) is 5. The molecule has 36 heavy (non-hydrogen) atoms. The fourth-order valence-electron chi connectivity index (χ4n) is 4.71. The molecule has 0 radical (unpaired) electrons. The first kappa shape index (κ1) is 24.7. The second-order valence-corrected chi connectivity index (χ2v) is 10.1. The lowest BCUT2D eigenvalue weighted by atomic mass is 9.97. The van der Waals surface area contributed by atoms with Crippen LogP contribution in [0.4, 0.5) is 11.4 Å². The second kappa shape index (κ2) is 10.5. The number of carbonyl (C=O) groups excluding carboxylic acids is 1. The molecule has 1 amide bonds. The SMILES string of the molecule is Cc1ccc(-c2c(-c3ccc(N4CCN(C)CC4)cc3)[nH]c3nccc(Cl)c23)cc1NC(=O)CCS. The predicted molar refractivity (Wildman–Crippen MR) is 154 cm³/mol. The highest BCUT2D eigenvalue weighted by molar-refractivity contribution is 7.80. The van der Waals surface area contributed by atoms with Crippen molar-refractivity contribution in [3.8, 4) is 22.4 Å². The minimum Gasteiger partial charge on any atom is -0.369 e. The molecule has 0 aliphatic carbocycles. The van der Waals surface area contributed by atoms with Crippen LogP contribution < -0.4 is 10.2 Å². The number of aryl methyl sites for hydroxylation is 1. The van der Waals surface area contributed by atoms with E-state index < -0.39 is 0 Å². The number of anilines is 2. The van der Waals surface area contributed by atoms with E-state index in [1.54, 1.807) is 6.20 Å². The van der Waals surface area contributed by atoms with Gasteiger partial charge in [0.05, 0.1) is 10.7 Å². The van der Waals surface area contributed by atoms with Gasteiger partial charge in [-0.05, 0) is 60.7 Å². The van der Waals surface area contributed by atoms with Crippen molar-refractivity contribution in [3.05, 3.63) is 65.3 Å². The van der Waals surface area contributed by atoms with Crippen molar-refractivity contribution in [1.29, 1.82) is 0 Å². The molecule has 4 aromatic rings. The number of piperazine rings is 1. The fraction of sp³-hybridized carbons (Fsp3) is 0.286. The van der Waals surface area contributed by atoms with Crippen LogP contribution in [0.3, 0.4) is 0 Å². The van der Waals surface area contributed by atoms with Gasteiger partial charge in [-0.2, -0.15) is 12.6 Å². The fourth-order valence-corrected chi connectivity index (χ4v) is 5.16. The van der Waals surface area contributed by atoms with Crippen molar-refractivity contribution in [1.82, 2.24) is 14.9 Å². The molecule has 0 unspecified atom stereocenters. The minimum atomic E-state index is -0.0522. The van der Waals surface area contributed by atoms with Crippen LogP contribution in [0, 0.1) is 6.92 Å². The molecule has 1 aliphatic heterocycles.